The molecule has 0 atom stereocenters. The van der Waals surface area contributed by atoms with Gasteiger partial charge in [0, 0.05) is 32.4 Å². The third kappa shape index (κ3) is 3.77. The van der Waals surface area contributed by atoms with E-state index in [9.17, 15) is 14.7 Å². The zero-order chi connectivity index (χ0) is 22.1. The lowest BCUT2D eigenvalue weighted by atomic mass is 10.1. The SMILES string of the molecule is O=C(O)c1ccc2c(c1)nc(Nc1cccc(C(=O)Nc3ccccc3)c1)c1ccsc12. The van der Waals surface area contributed by atoms with Gasteiger partial charge in [0.15, 0.2) is 0 Å². The largest absolute Gasteiger partial charge is 0.478 e. The third-order valence-electron chi connectivity index (χ3n) is 5.06. The van der Waals surface area contributed by atoms with E-state index in [1.807, 2.05) is 47.8 Å². The predicted molar refractivity (Wildman–Crippen MR) is 128 cm³/mol. The first-order chi connectivity index (χ1) is 15.6. The van der Waals surface area contributed by atoms with Crippen molar-refractivity contribution in [2.75, 3.05) is 10.6 Å². The number of pyridine rings is 1. The minimum absolute atomic E-state index is 0.187. The molecule has 0 bridgehead atoms. The smallest absolute Gasteiger partial charge is 0.335 e. The first-order valence-corrected chi connectivity index (χ1v) is 10.7. The molecule has 1 amide bonds. The number of thiophene rings is 1. The monoisotopic (exact) mass is 439 g/mol. The van der Waals surface area contributed by atoms with Gasteiger partial charge in [-0.1, -0.05) is 30.3 Å². The number of benzene rings is 3. The molecule has 0 radical (unpaired) electrons. The summed E-state index contributed by atoms with van der Waals surface area (Å²) in [6, 6.07) is 23.4. The highest BCUT2D eigenvalue weighted by Crippen LogP contribution is 2.35. The van der Waals surface area contributed by atoms with E-state index in [4.69, 9.17) is 0 Å². The number of carbonyl (C=O) groups is 2. The molecule has 0 fully saturated rings. The molecule has 5 aromatic rings. The highest BCUT2D eigenvalue weighted by atomic mass is 32.1. The second-order valence-corrected chi connectivity index (χ2v) is 8.10. The number of carboxylic acids is 1. The summed E-state index contributed by atoms with van der Waals surface area (Å²) in [7, 11) is 0. The molecule has 3 aromatic carbocycles. The Morgan fingerprint density at radius 1 is 0.812 bits per heavy atom. The average Bonchev–Trinajstić information content (AvgIpc) is 3.30. The molecule has 0 aliphatic rings. The van der Waals surface area contributed by atoms with Crippen LogP contribution >= 0.6 is 11.3 Å². The number of hydrogen-bond donors (Lipinski definition) is 3. The number of rotatable bonds is 5. The van der Waals surface area contributed by atoms with Gasteiger partial charge in [-0.15, -0.1) is 11.3 Å². The van der Waals surface area contributed by atoms with Crippen LogP contribution in [0.4, 0.5) is 17.2 Å². The number of carbonyl (C=O) groups excluding carboxylic acids is 1. The van der Waals surface area contributed by atoms with Crippen molar-refractivity contribution in [2.24, 2.45) is 0 Å². The fourth-order valence-electron chi connectivity index (χ4n) is 3.53. The van der Waals surface area contributed by atoms with Crippen molar-refractivity contribution < 1.29 is 14.7 Å². The molecule has 6 nitrogen and oxygen atoms in total. The number of amides is 1. The van der Waals surface area contributed by atoms with Crippen LogP contribution in [0, 0.1) is 0 Å². The predicted octanol–water partition coefficient (Wildman–Crippen LogP) is 6.14. The normalized spacial score (nSPS) is 10.9. The average molecular weight is 439 g/mol. The molecule has 2 heterocycles. The highest BCUT2D eigenvalue weighted by Gasteiger charge is 2.13. The van der Waals surface area contributed by atoms with Gasteiger partial charge in [0.25, 0.3) is 5.91 Å². The summed E-state index contributed by atoms with van der Waals surface area (Å²) < 4.78 is 1.02. The molecule has 5 rings (SSSR count). The standard InChI is InChI=1S/C25H17N3O3S/c29-24(27-17-6-2-1-3-7-17)15-5-4-8-18(13-15)26-23-20-11-12-32-22(20)19-10-9-16(25(30)31)14-21(19)28-23/h1-14H,(H,26,28)(H,27,29)(H,30,31). The van der Waals surface area contributed by atoms with Crippen molar-refractivity contribution in [1.82, 2.24) is 4.98 Å². The van der Waals surface area contributed by atoms with Crippen LogP contribution < -0.4 is 10.6 Å². The van der Waals surface area contributed by atoms with Gasteiger partial charge < -0.3 is 15.7 Å². The molecule has 3 N–H and O–H groups in total. The highest BCUT2D eigenvalue weighted by molar-refractivity contribution is 7.18. The number of aromatic nitrogens is 1. The molecule has 0 saturated heterocycles. The fourth-order valence-corrected chi connectivity index (χ4v) is 4.46. The van der Waals surface area contributed by atoms with E-state index in [1.165, 1.54) is 0 Å². The summed E-state index contributed by atoms with van der Waals surface area (Å²) in [6.45, 7) is 0. The van der Waals surface area contributed by atoms with E-state index >= 15 is 0 Å². The van der Waals surface area contributed by atoms with Gasteiger partial charge >= 0.3 is 5.97 Å². The zero-order valence-electron chi connectivity index (χ0n) is 16.7. The van der Waals surface area contributed by atoms with Crippen LogP contribution in [0.25, 0.3) is 21.0 Å². The molecule has 0 saturated carbocycles. The molecule has 0 spiro atoms. The summed E-state index contributed by atoms with van der Waals surface area (Å²) in [6.07, 6.45) is 0. The quantitative estimate of drug-likeness (QED) is 0.306. The maximum Gasteiger partial charge on any atom is 0.335 e. The third-order valence-corrected chi connectivity index (χ3v) is 6.01. The first-order valence-electron chi connectivity index (χ1n) is 9.86. The molecule has 2 aromatic heterocycles. The van der Waals surface area contributed by atoms with E-state index in [2.05, 4.69) is 15.6 Å². The Bertz CT molecular complexity index is 1480. The summed E-state index contributed by atoms with van der Waals surface area (Å²) in [5.74, 6) is -0.596. The molecular weight excluding hydrogens is 422 g/mol. The van der Waals surface area contributed by atoms with Crippen LogP contribution in [0.5, 0.6) is 0 Å². The van der Waals surface area contributed by atoms with Gasteiger partial charge in [0.2, 0.25) is 0 Å². The Labute approximate surface area is 187 Å². The fraction of sp³-hybridized carbons (Fsp3) is 0. The molecular formula is C25H17N3O3S. The molecule has 32 heavy (non-hydrogen) atoms. The summed E-state index contributed by atoms with van der Waals surface area (Å²) in [5.41, 5.74) is 2.72. The van der Waals surface area contributed by atoms with Crippen LogP contribution in [0.1, 0.15) is 20.7 Å². The Kier molecular flexibility index (Phi) is 5.01. The Morgan fingerprint density at radius 3 is 2.44 bits per heavy atom. The van der Waals surface area contributed by atoms with Crippen molar-refractivity contribution in [3.8, 4) is 0 Å². The lowest BCUT2D eigenvalue weighted by molar-refractivity contribution is 0.0696. The summed E-state index contributed by atoms with van der Waals surface area (Å²) >= 11 is 1.57. The topological polar surface area (TPSA) is 91.3 Å². The van der Waals surface area contributed by atoms with Crippen LogP contribution in [-0.4, -0.2) is 22.0 Å². The maximum atomic E-state index is 12.7. The van der Waals surface area contributed by atoms with Crippen molar-refractivity contribution >= 4 is 61.4 Å². The molecule has 7 heteroatoms. The molecule has 156 valence electrons. The lowest BCUT2D eigenvalue weighted by Crippen LogP contribution is -2.11. The Hall–Kier alpha value is -4.23. The van der Waals surface area contributed by atoms with Gasteiger partial charge in [0.05, 0.1) is 11.1 Å². The van der Waals surface area contributed by atoms with Crippen molar-refractivity contribution in [1.29, 1.82) is 0 Å². The summed E-state index contributed by atoms with van der Waals surface area (Å²) in [5, 5.41) is 19.3. The van der Waals surface area contributed by atoms with Crippen molar-refractivity contribution in [3.05, 3.63) is 95.4 Å². The second kappa shape index (κ2) is 8.13. The van der Waals surface area contributed by atoms with Gasteiger partial charge in [-0.3, -0.25) is 4.79 Å². The van der Waals surface area contributed by atoms with Gasteiger partial charge in [-0.25, -0.2) is 9.78 Å². The minimum atomic E-state index is -0.994. The molecule has 0 aliphatic carbocycles. The van der Waals surface area contributed by atoms with Gasteiger partial charge in [-0.2, -0.15) is 0 Å². The van der Waals surface area contributed by atoms with Crippen LogP contribution in [0.3, 0.4) is 0 Å². The van der Waals surface area contributed by atoms with Crippen LogP contribution in [0.2, 0.25) is 0 Å². The van der Waals surface area contributed by atoms with E-state index in [-0.39, 0.29) is 11.5 Å². The van der Waals surface area contributed by atoms with Gasteiger partial charge in [-0.05, 0) is 53.9 Å². The summed E-state index contributed by atoms with van der Waals surface area (Å²) in [4.78, 5) is 28.7. The van der Waals surface area contributed by atoms with Crippen LogP contribution in [0.15, 0.2) is 84.2 Å². The Morgan fingerprint density at radius 2 is 1.62 bits per heavy atom. The van der Waals surface area contributed by atoms with Crippen molar-refractivity contribution in [2.45, 2.75) is 0 Å². The number of fused-ring (bicyclic) bond motifs is 3. The van der Waals surface area contributed by atoms with E-state index in [0.717, 1.165) is 21.2 Å². The second-order valence-electron chi connectivity index (χ2n) is 7.19. The van der Waals surface area contributed by atoms with Crippen LogP contribution in [-0.2, 0) is 0 Å². The van der Waals surface area contributed by atoms with E-state index in [0.29, 0.717) is 22.6 Å². The number of nitrogens with zero attached hydrogens (tertiary/aromatic N) is 1. The van der Waals surface area contributed by atoms with E-state index in [1.54, 1.807) is 47.7 Å². The number of carboxylic acid groups (broad SMARTS) is 1. The number of aromatic carboxylic acids is 1. The number of anilines is 3. The molecule has 0 unspecified atom stereocenters. The number of hydrogen-bond acceptors (Lipinski definition) is 5. The first kappa shape index (κ1) is 19.7. The van der Waals surface area contributed by atoms with Gasteiger partial charge in [0.1, 0.15) is 5.82 Å². The molecule has 0 aliphatic heterocycles. The minimum Gasteiger partial charge on any atom is -0.478 e. The lowest BCUT2D eigenvalue weighted by Gasteiger charge is -2.11. The van der Waals surface area contributed by atoms with Crippen molar-refractivity contribution in [3.63, 3.8) is 0 Å². The Balaban J connectivity index is 1.50. The zero-order valence-corrected chi connectivity index (χ0v) is 17.5. The maximum absolute atomic E-state index is 12.7. The number of para-hydroxylation sites is 1. The number of nitrogens with one attached hydrogen (secondary N) is 2. The van der Waals surface area contributed by atoms with E-state index < -0.39 is 5.97 Å².